The Kier molecular flexibility index (Phi) is 3.42. The normalized spacial score (nSPS) is 13.5. The maximum absolute atomic E-state index is 12.0. The predicted octanol–water partition coefficient (Wildman–Crippen LogP) is 1.56. The Morgan fingerprint density at radius 1 is 1.55 bits per heavy atom. The molecule has 1 aliphatic heterocycles. The van der Waals surface area contributed by atoms with E-state index >= 15 is 0 Å². The number of nitrogens with one attached hydrogen (secondary N) is 1. The van der Waals surface area contributed by atoms with Crippen LogP contribution in [0.15, 0.2) is 29.8 Å². The van der Waals surface area contributed by atoms with Crippen molar-refractivity contribution in [3.05, 3.63) is 29.8 Å². The van der Waals surface area contributed by atoms with E-state index in [1.54, 1.807) is 12.3 Å². The number of nitrogen functional groups attached to an aromatic ring is 1. The summed E-state index contributed by atoms with van der Waals surface area (Å²) in [5.41, 5.74) is 7.38. The quantitative estimate of drug-likeness (QED) is 0.839. The van der Waals surface area contributed by atoms with Gasteiger partial charge in [-0.15, -0.1) is 11.3 Å². The first-order chi connectivity index (χ1) is 9.74. The molecule has 1 amide bonds. The van der Waals surface area contributed by atoms with Gasteiger partial charge in [0.15, 0.2) is 5.13 Å². The third kappa shape index (κ3) is 2.53. The highest BCUT2D eigenvalue weighted by Crippen LogP contribution is 2.36. The van der Waals surface area contributed by atoms with Crippen LogP contribution in [0.3, 0.4) is 0 Å². The molecule has 0 unspecified atom stereocenters. The minimum atomic E-state index is -0.115. The summed E-state index contributed by atoms with van der Waals surface area (Å²) in [5.74, 6) is 0.606. The van der Waals surface area contributed by atoms with E-state index in [0.29, 0.717) is 24.0 Å². The van der Waals surface area contributed by atoms with Gasteiger partial charge in [0, 0.05) is 11.6 Å². The highest BCUT2D eigenvalue weighted by molar-refractivity contribution is 7.13. The lowest BCUT2D eigenvalue weighted by Gasteiger charge is -2.31. The molecular formula is C13H14N4O2S. The van der Waals surface area contributed by atoms with E-state index in [2.05, 4.69) is 10.3 Å². The lowest BCUT2D eigenvalue weighted by molar-refractivity contribution is -0.115. The second-order valence-electron chi connectivity index (χ2n) is 4.35. The number of rotatable bonds is 3. The van der Waals surface area contributed by atoms with E-state index in [9.17, 15) is 4.79 Å². The maximum atomic E-state index is 12.0. The zero-order valence-electron chi connectivity index (χ0n) is 10.7. The fraction of sp³-hybridized carbons (Fsp3) is 0.231. The number of benzene rings is 1. The van der Waals surface area contributed by atoms with Crippen molar-refractivity contribution in [1.82, 2.24) is 4.98 Å². The van der Waals surface area contributed by atoms with Crippen LogP contribution in [-0.2, 0) is 4.79 Å². The molecule has 0 spiro atoms. The van der Waals surface area contributed by atoms with Gasteiger partial charge in [-0.25, -0.2) is 4.98 Å². The molecule has 3 N–H and O–H groups in total. The summed E-state index contributed by atoms with van der Waals surface area (Å²) in [6.45, 7) is 1.40. The number of hydrogen-bond acceptors (Lipinski definition) is 6. The van der Waals surface area contributed by atoms with Gasteiger partial charge in [-0.1, -0.05) is 6.07 Å². The molecule has 2 heterocycles. The first-order valence-corrected chi connectivity index (χ1v) is 7.07. The van der Waals surface area contributed by atoms with Crippen LogP contribution in [-0.4, -0.2) is 30.6 Å². The molecule has 0 saturated carbocycles. The number of carbonyl (C=O) groups excluding carboxylic acids is 1. The summed E-state index contributed by atoms with van der Waals surface area (Å²) < 4.78 is 5.56. The van der Waals surface area contributed by atoms with Gasteiger partial charge >= 0.3 is 0 Å². The van der Waals surface area contributed by atoms with Crippen LogP contribution >= 0.6 is 11.3 Å². The largest absolute Gasteiger partial charge is 0.489 e. The molecule has 104 valence electrons. The number of ether oxygens (including phenoxy) is 1. The maximum Gasteiger partial charge on any atom is 0.245 e. The molecule has 0 saturated heterocycles. The van der Waals surface area contributed by atoms with Crippen molar-refractivity contribution in [2.45, 2.75) is 0 Å². The average Bonchev–Trinajstić information content (AvgIpc) is 2.92. The van der Waals surface area contributed by atoms with E-state index in [-0.39, 0.29) is 12.5 Å². The molecule has 1 aliphatic rings. The number of nitrogens with two attached hydrogens (primary N) is 1. The highest BCUT2D eigenvalue weighted by atomic mass is 32.1. The molecule has 0 radical (unpaired) electrons. The van der Waals surface area contributed by atoms with Crippen molar-refractivity contribution in [3.8, 4) is 5.75 Å². The predicted molar refractivity (Wildman–Crippen MR) is 79.3 cm³/mol. The van der Waals surface area contributed by atoms with E-state index in [1.165, 1.54) is 11.3 Å². The first-order valence-electron chi connectivity index (χ1n) is 6.19. The van der Waals surface area contributed by atoms with Gasteiger partial charge in [0.25, 0.3) is 0 Å². The van der Waals surface area contributed by atoms with Crippen molar-refractivity contribution in [2.75, 3.05) is 35.6 Å². The highest BCUT2D eigenvalue weighted by Gasteiger charge is 2.22. The second kappa shape index (κ2) is 5.38. The minimum absolute atomic E-state index is 0.115. The van der Waals surface area contributed by atoms with Crippen LogP contribution in [0.4, 0.5) is 16.5 Å². The van der Waals surface area contributed by atoms with Crippen molar-refractivity contribution in [3.63, 3.8) is 0 Å². The van der Waals surface area contributed by atoms with Gasteiger partial charge in [0.05, 0.1) is 18.8 Å². The first kappa shape index (κ1) is 12.7. The Bertz CT molecular complexity index is 615. The molecule has 2 aromatic rings. The SMILES string of the molecule is Nc1cccc2c1N(CC(=O)Nc1nccs1)CCO2. The van der Waals surface area contributed by atoms with Gasteiger partial charge in [-0.05, 0) is 12.1 Å². The number of fused-ring (bicyclic) bond motifs is 1. The third-order valence-electron chi connectivity index (χ3n) is 2.98. The number of thiazole rings is 1. The van der Waals surface area contributed by atoms with Gasteiger partial charge in [-0.2, -0.15) is 0 Å². The molecule has 0 fully saturated rings. The van der Waals surface area contributed by atoms with Crippen LogP contribution in [0.2, 0.25) is 0 Å². The molecule has 6 nitrogen and oxygen atoms in total. The molecule has 0 atom stereocenters. The second-order valence-corrected chi connectivity index (χ2v) is 5.24. The van der Waals surface area contributed by atoms with E-state index in [0.717, 1.165) is 11.4 Å². The Labute approximate surface area is 120 Å². The van der Waals surface area contributed by atoms with Crippen molar-refractivity contribution in [1.29, 1.82) is 0 Å². The smallest absolute Gasteiger partial charge is 0.245 e. The summed E-state index contributed by atoms with van der Waals surface area (Å²) in [7, 11) is 0. The Morgan fingerprint density at radius 2 is 2.45 bits per heavy atom. The monoisotopic (exact) mass is 290 g/mol. The van der Waals surface area contributed by atoms with E-state index in [4.69, 9.17) is 10.5 Å². The molecular weight excluding hydrogens is 276 g/mol. The molecule has 0 aliphatic carbocycles. The molecule has 3 rings (SSSR count). The molecule has 1 aromatic heterocycles. The fourth-order valence-electron chi connectivity index (χ4n) is 2.15. The summed E-state index contributed by atoms with van der Waals surface area (Å²) in [4.78, 5) is 18.0. The van der Waals surface area contributed by atoms with Crippen molar-refractivity contribution < 1.29 is 9.53 Å². The zero-order chi connectivity index (χ0) is 13.9. The Balaban J connectivity index is 1.74. The Hall–Kier alpha value is -2.28. The lowest BCUT2D eigenvalue weighted by atomic mass is 10.2. The van der Waals surface area contributed by atoms with Gasteiger partial charge in [-0.3, -0.25) is 4.79 Å². The number of nitrogens with zero attached hydrogens (tertiary/aromatic N) is 2. The summed E-state index contributed by atoms with van der Waals surface area (Å²) >= 11 is 1.39. The summed E-state index contributed by atoms with van der Waals surface area (Å²) in [5, 5.41) is 5.18. The van der Waals surface area contributed by atoms with Crippen LogP contribution in [0.5, 0.6) is 5.75 Å². The van der Waals surface area contributed by atoms with E-state index < -0.39 is 0 Å². The number of amides is 1. The van der Waals surface area contributed by atoms with Crippen LogP contribution < -0.4 is 20.7 Å². The molecule has 0 bridgehead atoms. The molecule has 1 aromatic carbocycles. The lowest BCUT2D eigenvalue weighted by Crippen LogP contribution is -2.39. The number of anilines is 3. The number of carbonyl (C=O) groups is 1. The third-order valence-corrected chi connectivity index (χ3v) is 3.67. The van der Waals surface area contributed by atoms with Crippen LogP contribution in [0, 0.1) is 0 Å². The standard InChI is InChI=1S/C13H14N4O2S/c14-9-2-1-3-10-12(9)17(5-6-19-10)8-11(18)16-13-15-4-7-20-13/h1-4,7H,5-6,8,14H2,(H,15,16,18). The average molecular weight is 290 g/mol. The Morgan fingerprint density at radius 3 is 3.25 bits per heavy atom. The van der Waals surface area contributed by atoms with Gasteiger partial charge in [0.2, 0.25) is 5.91 Å². The van der Waals surface area contributed by atoms with Crippen molar-refractivity contribution >= 4 is 33.8 Å². The molecule has 7 heteroatoms. The zero-order valence-corrected chi connectivity index (χ0v) is 11.5. The fourth-order valence-corrected chi connectivity index (χ4v) is 2.69. The van der Waals surface area contributed by atoms with Gasteiger partial charge in [0.1, 0.15) is 18.0 Å². The number of hydrogen-bond donors (Lipinski definition) is 2. The van der Waals surface area contributed by atoms with E-state index in [1.807, 2.05) is 22.4 Å². The molecule has 20 heavy (non-hydrogen) atoms. The number of aromatic nitrogens is 1. The summed E-state index contributed by atoms with van der Waals surface area (Å²) in [6.07, 6.45) is 1.66. The number of para-hydroxylation sites is 1. The van der Waals surface area contributed by atoms with Crippen molar-refractivity contribution in [2.24, 2.45) is 0 Å². The topological polar surface area (TPSA) is 80.5 Å². The van der Waals surface area contributed by atoms with Crippen LogP contribution in [0.25, 0.3) is 0 Å². The summed E-state index contributed by atoms with van der Waals surface area (Å²) in [6, 6.07) is 5.50. The van der Waals surface area contributed by atoms with Gasteiger partial charge < -0.3 is 20.7 Å². The minimum Gasteiger partial charge on any atom is -0.489 e. The van der Waals surface area contributed by atoms with Crippen LogP contribution in [0.1, 0.15) is 0 Å².